The van der Waals surface area contributed by atoms with Crippen molar-refractivity contribution >= 4 is 0 Å². The van der Waals surface area contributed by atoms with E-state index in [0.29, 0.717) is 0 Å². The van der Waals surface area contributed by atoms with Gasteiger partial charge in [-0.1, -0.05) is 0 Å². The SMILES string of the molecule is [Fe+3].[Fe+3].[Fe].[Fe].[O-2].[O-2].[O-2].[O]. The predicted molar refractivity (Wildman–Crippen MR) is 2.75 cm³/mol. The summed E-state index contributed by atoms with van der Waals surface area (Å²) in [6.07, 6.45) is 0. The van der Waals surface area contributed by atoms with E-state index in [1.807, 2.05) is 0 Å². The molecule has 0 aliphatic carbocycles. The van der Waals surface area contributed by atoms with Gasteiger partial charge in [0, 0.05) is 39.6 Å². The van der Waals surface area contributed by atoms with Gasteiger partial charge in [0.1, 0.15) is 0 Å². The minimum Gasteiger partial charge on any atom is -2.00 e. The van der Waals surface area contributed by atoms with Crippen molar-refractivity contribution in [2.24, 2.45) is 0 Å². The van der Waals surface area contributed by atoms with Crippen molar-refractivity contribution in [1.29, 1.82) is 0 Å². The average Bonchev–Trinajstić information content (AvgIpc) is 0. The van der Waals surface area contributed by atoms with Gasteiger partial charge in [-0.25, -0.2) is 0 Å². The van der Waals surface area contributed by atoms with Gasteiger partial charge in [-0.3, -0.25) is 0 Å². The Hall–Kier alpha value is 1.92. The molecule has 0 amide bonds. The molecule has 0 N–H and O–H groups in total. The Balaban J connectivity index is 0. The molecular weight excluding hydrogens is 287 g/mol. The van der Waals surface area contributed by atoms with Crippen LogP contribution < -0.4 is 0 Å². The van der Waals surface area contributed by atoms with E-state index in [1.54, 1.807) is 0 Å². The Morgan fingerprint density at radius 3 is 0.500 bits per heavy atom. The zero-order chi connectivity index (χ0) is 0. The molecule has 0 saturated heterocycles. The summed E-state index contributed by atoms with van der Waals surface area (Å²) in [4.78, 5) is 0. The summed E-state index contributed by atoms with van der Waals surface area (Å²) >= 11 is 0. The van der Waals surface area contributed by atoms with Crippen molar-refractivity contribution in [3.8, 4) is 0 Å². The van der Waals surface area contributed by atoms with Crippen LogP contribution in [0.4, 0.5) is 0 Å². The van der Waals surface area contributed by atoms with Crippen LogP contribution in [0.2, 0.25) is 0 Å². The van der Waals surface area contributed by atoms with Gasteiger partial charge in [-0.15, -0.1) is 0 Å². The third-order valence-electron chi connectivity index (χ3n) is 0. The van der Waals surface area contributed by atoms with E-state index in [9.17, 15) is 0 Å². The summed E-state index contributed by atoms with van der Waals surface area (Å²) < 4.78 is 0. The van der Waals surface area contributed by atoms with Gasteiger partial charge >= 0.3 is 34.1 Å². The molecule has 0 bridgehead atoms. The molecule has 4 radical (unpaired) electrons. The van der Waals surface area contributed by atoms with E-state index in [4.69, 9.17) is 0 Å². The minimum absolute atomic E-state index is 0. The van der Waals surface area contributed by atoms with Crippen molar-refractivity contribution in [2.75, 3.05) is 0 Å². The van der Waals surface area contributed by atoms with Crippen LogP contribution in [-0.4, -0.2) is 0 Å². The first-order valence-electron chi connectivity index (χ1n) is 0. The average molecular weight is 287 g/mol. The van der Waals surface area contributed by atoms with E-state index in [-0.39, 0.29) is 90.2 Å². The summed E-state index contributed by atoms with van der Waals surface area (Å²) in [7, 11) is 0. The second kappa shape index (κ2) is 152. The van der Waals surface area contributed by atoms with Gasteiger partial charge in [0.15, 0.2) is 0 Å². The zero-order valence-corrected chi connectivity index (χ0v) is 7.46. The molecule has 0 aliphatic rings. The van der Waals surface area contributed by atoms with Crippen LogP contribution in [0.1, 0.15) is 0 Å². The van der Waals surface area contributed by atoms with Gasteiger partial charge < -0.3 is 16.4 Å². The van der Waals surface area contributed by atoms with Crippen molar-refractivity contribution in [1.82, 2.24) is 0 Å². The normalized spacial score (nSPS) is 0. The number of hydrogen-bond acceptors (Lipinski definition) is 0. The summed E-state index contributed by atoms with van der Waals surface area (Å²) in [5.74, 6) is 0. The quantitative estimate of drug-likeness (QED) is 0.535. The Labute approximate surface area is 89.7 Å². The third-order valence-corrected chi connectivity index (χ3v) is 0. The van der Waals surface area contributed by atoms with Gasteiger partial charge in [0.25, 0.3) is 0 Å². The molecule has 0 atom stereocenters. The first-order valence-corrected chi connectivity index (χ1v) is 0. The molecule has 0 fully saturated rings. The molecule has 0 rings (SSSR count). The minimum atomic E-state index is 0. The molecule has 8 heteroatoms. The molecule has 0 heterocycles. The van der Waals surface area contributed by atoms with Crippen LogP contribution in [0.15, 0.2) is 0 Å². The number of hydrogen-bond donors (Lipinski definition) is 0. The summed E-state index contributed by atoms with van der Waals surface area (Å²) in [6.45, 7) is 0. The van der Waals surface area contributed by atoms with Crippen LogP contribution in [0.25, 0.3) is 0 Å². The molecule has 0 aliphatic heterocycles. The summed E-state index contributed by atoms with van der Waals surface area (Å²) in [5.41, 5.74) is 0. The van der Waals surface area contributed by atoms with E-state index in [2.05, 4.69) is 0 Å². The molecule has 0 spiro atoms. The molecule has 8 heavy (non-hydrogen) atoms. The van der Waals surface area contributed by atoms with Crippen LogP contribution in [-0.2, 0) is 90.2 Å². The van der Waals surface area contributed by atoms with Gasteiger partial charge in [-0.2, -0.15) is 0 Å². The fraction of sp³-hybridized carbons (Fsp3) is 0. The summed E-state index contributed by atoms with van der Waals surface area (Å²) in [6, 6.07) is 0. The largest absolute Gasteiger partial charge is 3.00 e. The Kier molecular flexibility index (Phi) is 4070. The molecule has 0 aromatic heterocycles. The standard InChI is InChI=1S/4Fe.4O/q;;2*+3;;3*-2. The van der Waals surface area contributed by atoms with Crippen molar-refractivity contribution in [2.45, 2.75) is 0 Å². The summed E-state index contributed by atoms with van der Waals surface area (Å²) in [5, 5.41) is 0. The van der Waals surface area contributed by atoms with E-state index < -0.39 is 0 Å². The molecule has 0 saturated carbocycles. The smallest absolute Gasteiger partial charge is 2.00 e. The maximum atomic E-state index is 0. The molecule has 56 valence electrons. The van der Waals surface area contributed by atoms with Crippen LogP contribution in [0.3, 0.4) is 0 Å². The molecule has 0 aromatic rings. The van der Waals surface area contributed by atoms with Crippen molar-refractivity contribution in [3.05, 3.63) is 0 Å². The first-order chi connectivity index (χ1) is 0. The zero-order valence-electron chi connectivity index (χ0n) is 3.05. The van der Waals surface area contributed by atoms with Gasteiger partial charge in [0.2, 0.25) is 0 Å². The fourth-order valence-electron chi connectivity index (χ4n) is 0. The van der Waals surface area contributed by atoms with Crippen molar-refractivity contribution < 1.29 is 90.2 Å². The maximum Gasteiger partial charge on any atom is 3.00 e. The topological polar surface area (TPSA) is 114 Å². The molecular formula is Fe4O4. The Morgan fingerprint density at radius 2 is 0.500 bits per heavy atom. The van der Waals surface area contributed by atoms with E-state index in [1.165, 1.54) is 0 Å². The molecule has 4 nitrogen and oxygen atoms in total. The molecule has 0 unspecified atom stereocenters. The second-order valence-corrected chi connectivity index (χ2v) is 0. The fourth-order valence-corrected chi connectivity index (χ4v) is 0. The van der Waals surface area contributed by atoms with Crippen LogP contribution in [0, 0.1) is 0 Å². The Morgan fingerprint density at radius 1 is 0.500 bits per heavy atom. The monoisotopic (exact) mass is 288 g/mol. The maximum absolute atomic E-state index is 0. The second-order valence-electron chi connectivity index (χ2n) is 0. The predicted octanol–water partition coefficient (Wildman–Crippen LogP) is -0.485. The van der Waals surface area contributed by atoms with Gasteiger partial charge in [0.05, 0.1) is 0 Å². The van der Waals surface area contributed by atoms with Gasteiger partial charge in [-0.05, 0) is 0 Å². The first kappa shape index (κ1) is 214. The Bertz CT molecular complexity index is 8.00. The van der Waals surface area contributed by atoms with E-state index >= 15 is 0 Å². The van der Waals surface area contributed by atoms with Crippen LogP contribution in [0.5, 0.6) is 0 Å². The van der Waals surface area contributed by atoms with E-state index in [0.717, 1.165) is 0 Å². The number of rotatable bonds is 0. The van der Waals surface area contributed by atoms with Crippen molar-refractivity contribution in [3.63, 3.8) is 0 Å². The third kappa shape index (κ3) is 103. The molecule has 0 aromatic carbocycles. The van der Waals surface area contributed by atoms with Crippen LogP contribution >= 0.6 is 0 Å².